The number of thioether (sulfide) groups is 1. The van der Waals surface area contributed by atoms with Gasteiger partial charge in [-0.25, -0.2) is 0 Å². The molecule has 0 saturated heterocycles. The van der Waals surface area contributed by atoms with E-state index in [1.54, 1.807) is 7.11 Å². The molecule has 2 unspecified atom stereocenters. The maximum atomic E-state index is 9.64. The maximum absolute atomic E-state index is 9.64. The van der Waals surface area contributed by atoms with E-state index in [0.29, 0.717) is 19.8 Å². The molecule has 2 N–H and O–H groups in total. The van der Waals surface area contributed by atoms with Gasteiger partial charge in [0.1, 0.15) is 0 Å². The first kappa shape index (κ1) is 17.2. The monoisotopic (exact) mass is 265 g/mol. The largest absolute Gasteiger partial charge is 0.389 e. The van der Waals surface area contributed by atoms with Crippen molar-refractivity contribution in [3.63, 3.8) is 0 Å². The Balaban J connectivity index is 3.25. The number of unbranched alkanes of at least 4 members (excludes halogenated alkanes) is 1. The first-order valence-electron chi connectivity index (χ1n) is 6.19. The summed E-state index contributed by atoms with van der Waals surface area (Å²) in [7, 11) is 1.65. The predicted molar refractivity (Wildman–Crippen MR) is 73.8 cm³/mol. The molecule has 0 aromatic rings. The summed E-state index contributed by atoms with van der Waals surface area (Å²) in [6.45, 7) is 4.42. The number of hydrogen-bond donors (Lipinski definition) is 2. The zero-order chi connectivity index (χ0) is 12.9. The van der Waals surface area contributed by atoms with Crippen molar-refractivity contribution in [1.29, 1.82) is 0 Å². The Labute approximate surface area is 109 Å². The highest BCUT2D eigenvalue weighted by molar-refractivity contribution is 7.98. The third-order valence-electron chi connectivity index (χ3n) is 2.31. The minimum Gasteiger partial charge on any atom is -0.389 e. The summed E-state index contributed by atoms with van der Waals surface area (Å²) in [5.41, 5.74) is 0. The number of ether oxygens (including phenoxy) is 2. The molecule has 0 amide bonds. The average molecular weight is 265 g/mol. The Morgan fingerprint density at radius 1 is 1.29 bits per heavy atom. The third-order valence-corrected chi connectivity index (χ3v) is 3.00. The number of aliphatic hydroxyl groups is 1. The van der Waals surface area contributed by atoms with Gasteiger partial charge < -0.3 is 19.9 Å². The fourth-order valence-corrected chi connectivity index (χ4v) is 1.87. The van der Waals surface area contributed by atoms with Crippen LogP contribution in [0.1, 0.15) is 19.8 Å². The van der Waals surface area contributed by atoms with Crippen molar-refractivity contribution < 1.29 is 14.6 Å². The lowest BCUT2D eigenvalue weighted by Crippen LogP contribution is -2.32. The van der Waals surface area contributed by atoms with Crippen LogP contribution in [0.15, 0.2) is 0 Å². The normalized spacial score (nSPS) is 14.8. The Morgan fingerprint density at radius 3 is 2.71 bits per heavy atom. The Hall–Kier alpha value is 0.190. The molecule has 0 spiro atoms. The van der Waals surface area contributed by atoms with Crippen LogP contribution in [0.4, 0.5) is 0 Å². The summed E-state index contributed by atoms with van der Waals surface area (Å²) >= 11 is 1.87. The Morgan fingerprint density at radius 2 is 2.06 bits per heavy atom. The number of methoxy groups -OCH3 is 1. The number of nitrogens with one attached hydrogen (secondary N) is 1. The van der Waals surface area contributed by atoms with Crippen LogP contribution in [0.3, 0.4) is 0 Å². The zero-order valence-electron chi connectivity index (χ0n) is 11.3. The minimum atomic E-state index is -0.435. The molecule has 0 rings (SSSR count). The molecule has 0 aromatic heterocycles. The van der Waals surface area contributed by atoms with Crippen molar-refractivity contribution in [2.24, 2.45) is 0 Å². The molecule has 17 heavy (non-hydrogen) atoms. The molecule has 5 heteroatoms. The number of rotatable bonds is 12. The van der Waals surface area contributed by atoms with Gasteiger partial charge in [-0.3, -0.25) is 0 Å². The second kappa shape index (κ2) is 12.6. The molecule has 104 valence electrons. The lowest BCUT2D eigenvalue weighted by Gasteiger charge is -2.16. The van der Waals surface area contributed by atoms with E-state index in [1.807, 2.05) is 18.7 Å². The van der Waals surface area contributed by atoms with E-state index in [2.05, 4.69) is 11.6 Å². The van der Waals surface area contributed by atoms with Gasteiger partial charge in [0.25, 0.3) is 0 Å². The van der Waals surface area contributed by atoms with Gasteiger partial charge in [-0.05, 0) is 38.3 Å². The van der Waals surface area contributed by atoms with E-state index in [4.69, 9.17) is 9.47 Å². The van der Waals surface area contributed by atoms with Crippen molar-refractivity contribution in [2.45, 2.75) is 32.0 Å². The fourth-order valence-electron chi connectivity index (χ4n) is 1.38. The van der Waals surface area contributed by atoms with Crippen LogP contribution < -0.4 is 5.32 Å². The van der Waals surface area contributed by atoms with E-state index >= 15 is 0 Å². The van der Waals surface area contributed by atoms with Gasteiger partial charge in [0.2, 0.25) is 0 Å². The standard InChI is InChI=1S/C12H27NO3S/c1-11(9-15-2)16-10-12(14)8-13-6-4-5-7-17-3/h11-14H,4-10H2,1-3H3. The highest BCUT2D eigenvalue weighted by Crippen LogP contribution is 1.98. The number of hydrogen-bond acceptors (Lipinski definition) is 5. The van der Waals surface area contributed by atoms with Crippen molar-refractivity contribution in [3.05, 3.63) is 0 Å². The van der Waals surface area contributed by atoms with Gasteiger partial charge in [-0.2, -0.15) is 11.8 Å². The fraction of sp³-hybridized carbons (Fsp3) is 1.00. The molecule has 0 aromatic carbocycles. The molecule has 0 aliphatic carbocycles. The molecule has 0 radical (unpaired) electrons. The average Bonchev–Trinajstić information content (AvgIpc) is 2.31. The van der Waals surface area contributed by atoms with Crippen molar-refractivity contribution in [1.82, 2.24) is 5.32 Å². The molecule has 0 fully saturated rings. The zero-order valence-corrected chi connectivity index (χ0v) is 12.1. The molecule has 0 aliphatic rings. The molecular weight excluding hydrogens is 238 g/mol. The molecule has 0 bridgehead atoms. The topological polar surface area (TPSA) is 50.7 Å². The van der Waals surface area contributed by atoms with Crippen LogP contribution in [-0.2, 0) is 9.47 Å². The molecule has 4 nitrogen and oxygen atoms in total. The molecule has 0 heterocycles. The summed E-state index contributed by atoms with van der Waals surface area (Å²) in [4.78, 5) is 0. The van der Waals surface area contributed by atoms with Gasteiger partial charge in [0.05, 0.1) is 25.4 Å². The van der Waals surface area contributed by atoms with Crippen LogP contribution in [0.25, 0.3) is 0 Å². The highest BCUT2D eigenvalue weighted by Gasteiger charge is 2.07. The van der Waals surface area contributed by atoms with E-state index in [-0.39, 0.29) is 6.10 Å². The Bertz CT molecular complexity index is 161. The lowest BCUT2D eigenvalue weighted by atomic mass is 10.3. The van der Waals surface area contributed by atoms with E-state index in [0.717, 1.165) is 13.0 Å². The van der Waals surface area contributed by atoms with E-state index < -0.39 is 6.10 Å². The quantitative estimate of drug-likeness (QED) is 0.518. The van der Waals surface area contributed by atoms with Crippen LogP contribution in [0.2, 0.25) is 0 Å². The van der Waals surface area contributed by atoms with E-state index in [1.165, 1.54) is 12.2 Å². The number of aliphatic hydroxyl groups excluding tert-OH is 1. The minimum absolute atomic E-state index is 0.0382. The lowest BCUT2D eigenvalue weighted by molar-refractivity contribution is -0.0310. The smallest absolute Gasteiger partial charge is 0.0897 e. The van der Waals surface area contributed by atoms with Crippen LogP contribution in [0.5, 0.6) is 0 Å². The molecule has 2 atom stereocenters. The maximum Gasteiger partial charge on any atom is 0.0897 e. The van der Waals surface area contributed by atoms with Crippen molar-refractivity contribution in [2.75, 3.05) is 45.4 Å². The summed E-state index contributed by atoms with van der Waals surface area (Å²) in [5, 5.41) is 12.9. The van der Waals surface area contributed by atoms with Crippen LogP contribution in [0, 0.1) is 0 Å². The summed E-state index contributed by atoms with van der Waals surface area (Å²) < 4.78 is 10.4. The third kappa shape index (κ3) is 12.4. The van der Waals surface area contributed by atoms with Crippen LogP contribution >= 0.6 is 11.8 Å². The first-order chi connectivity index (χ1) is 8.20. The SMILES string of the molecule is COCC(C)OCC(O)CNCCCCSC. The highest BCUT2D eigenvalue weighted by atomic mass is 32.2. The Kier molecular flexibility index (Phi) is 12.8. The summed E-state index contributed by atoms with van der Waals surface area (Å²) in [6.07, 6.45) is 4.11. The van der Waals surface area contributed by atoms with E-state index in [9.17, 15) is 5.11 Å². The van der Waals surface area contributed by atoms with Crippen LogP contribution in [-0.4, -0.2) is 62.7 Å². The van der Waals surface area contributed by atoms with Crippen molar-refractivity contribution in [3.8, 4) is 0 Å². The van der Waals surface area contributed by atoms with Gasteiger partial charge in [0.15, 0.2) is 0 Å². The molecule has 0 saturated carbocycles. The molecule has 0 aliphatic heterocycles. The second-order valence-corrected chi connectivity index (χ2v) is 5.14. The predicted octanol–water partition coefficient (Wildman–Crippen LogP) is 1.13. The first-order valence-corrected chi connectivity index (χ1v) is 7.58. The summed E-state index contributed by atoms with van der Waals surface area (Å²) in [6, 6.07) is 0. The van der Waals surface area contributed by atoms with Gasteiger partial charge in [-0.1, -0.05) is 0 Å². The van der Waals surface area contributed by atoms with Gasteiger partial charge in [-0.15, -0.1) is 0 Å². The second-order valence-electron chi connectivity index (χ2n) is 4.16. The van der Waals surface area contributed by atoms with Gasteiger partial charge >= 0.3 is 0 Å². The summed E-state index contributed by atoms with van der Waals surface area (Å²) in [5.74, 6) is 1.21. The molecular formula is C12H27NO3S. The van der Waals surface area contributed by atoms with Crippen molar-refractivity contribution >= 4 is 11.8 Å². The van der Waals surface area contributed by atoms with Gasteiger partial charge in [0, 0.05) is 13.7 Å².